The van der Waals surface area contributed by atoms with Gasteiger partial charge in [0.1, 0.15) is 5.58 Å². The molecule has 4 nitrogen and oxygen atoms in total. The molecule has 11 aromatic rings. The van der Waals surface area contributed by atoms with Crippen LogP contribution in [0, 0.1) is 18.1 Å². The van der Waals surface area contributed by atoms with Crippen LogP contribution in [0.15, 0.2) is 162 Å². The van der Waals surface area contributed by atoms with E-state index in [4.69, 9.17) is 14.4 Å². The summed E-state index contributed by atoms with van der Waals surface area (Å²) < 4.78 is 8.78. The number of pyridine rings is 1. The van der Waals surface area contributed by atoms with Crippen LogP contribution in [0.2, 0.25) is 19.6 Å². The number of nitrogens with zero attached hydrogens (tertiary/aromatic N) is 3. The Kier molecular flexibility index (Phi) is 14.4. The van der Waals surface area contributed by atoms with E-state index in [0.29, 0.717) is 23.7 Å². The average molecular weight is 1140 g/mol. The van der Waals surface area contributed by atoms with Gasteiger partial charge in [0.2, 0.25) is 0 Å². The number of imidazole rings is 1. The molecule has 3 heterocycles. The van der Waals surface area contributed by atoms with Crippen molar-refractivity contribution in [2.75, 3.05) is 0 Å². The van der Waals surface area contributed by atoms with Crippen molar-refractivity contribution in [1.29, 1.82) is 0 Å². The Morgan fingerprint density at radius 3 is 2.01 bits per heavy atom. The molecule has 0 aliphatic carbocycles. The predicted octanol–water partition coefficient (Wildman–Crippen LogP) is 18.0. The Balaban J connectivity index is 0.000000184. The summed E-state index contributed by atoms with van der Waals surface area (Å²) in [5.74, 6) is 2.66. The van der Waals surface area contributed by atoms with E-state index in [1.54, 1.807) is 0 Å². The van der Waals surface area contributed by atoms with E-state index in [-0.39, 0.29) is 20.1 Å². The number of hydrogen-bond acceptors (Lipinski definition) is 3. The van der Waals surface area contributed by atoms with Gasteiger partial charge in [-0.3, -0.25) is 4.98 Å². The molecule has 1 radical (unpaired) electrons. The topological polar surface area (TPSA) is 43.9 Å². The molecule has 0 spiro atoms. The molecular formula is C66H65IrN3OSi-2. The summed E-state index contributed by atoms with van der Waals surface area (Å²) >= 11 is 0. The van der Waals surface area contributed by atoms with E-state index in [9.17, 15) is 0 Å². The quantitative estimate of drug-likeness (QED) is 0.0779. The third-order valence-corrected chi connectivity index (χ3v) is 16.1. The molecule has 0 fully saturated rings. The average Bonchev–Trinajstić information content (AvgIpc) is 3.94. The van der Waals surface area contributed by atoms with Crippen molar-refractivity contribution in [3.8, 4) is 39.5 Å². The van der Waals surface area contributed by atoms with Gasteiger partial charge in [-0.2, -0.15) is 0 Å². The molecule has 365 valence electrons. The number of rotatable bonds is 10. The zero-order chi connectivity index (χ0) is 49.7. The minimum Gasteiger partial charge on any atom is -0.501 e. The van der Waals surface area contributed by atoms with E-state index in [2.05, 4.69) is 244 Å². The van der Waals surface area contributed by atoms with E-state index in [0.717, 1.165) is 62.0 Å². The molecule has 0 N–H and O–H groups in total. The van der Waals surface area contributed by atoms with E-state index >= 15 is 0 Å². The van der Waals surface area contributed by atoms with Crippen LogP contribution in [0.4, 0.5) is 0 Å². The van der Waals surface area contributed by atoms with E-state index < -0.39 is 8.07 Å². The Morgan fingerprint density at radius 1 is 0.611 bits per heavy atom. The number of para-hydroxylation sites is 2. The molecule has 0 aliphatic rings. The summed E-state index contributed by atoms with van der Waals surface area (Å²) in [6.07, 6.45) is 3.19. The maximum Gasteiger partial charge on any atom is 0.121 e. The van der Waals surface area contributed by atoms with Gasteiger partial charge in [-0.1, -0.05) is 199 Å². The molecular weight excluding hydrogens is 1070 g/mol. The molecule has 0 saturated carbocycles. The molecule has 0 unspecified atom stereocenters. The molecule has 11 rings (SSSR count). The number of hydrogen-bond donors (Lipinski definition) is 0. The second-order valence-corrected chi connectivity index (χ2v) is 26.8. The summed E-state index contributed by atoms with van der Waals surface area (Å²) in [6.45, 7) is 25.4. The number of benzene rings is 8. The van der Waals surface area contributed by atoms with Gasteiger partial charge in [-0.25, -0.2) is 0 Å². The SMILES string of the molecule is CC(C)Cc1cc(-c2[c-]ccc3c2oc2cc(C(C)C)ccc23)ncc1[Si](C)(C)C.CC(C)c1cc(-c2ccccc2)cc(C(C)C)c1-n1c(-c2[c-]cc3c(ccc4ccccc43)c2)nc2ccccc21.[Ir]. The fourth-order valence-corrected chi connectivity index (χ4v) is 11.9. The summed E-state index contributed by atoms with van der Waals surface area (Å²) in [5.41, 5.74) is 16.0. The summed E-state index contributed by atoms with van der Waals surface area (Å²) in [7, 11) is -1.46. The maximum atomic E-state index is 6.38. The van der Waals surface area contributed by atoms with Crippen molar-refractivity contribution in [3.05, 3.63) is 192 Å². The van der Waals surface area contributed by atoms with Crippen LogP contribution in [0.1, 0.15) is 95.4 Å². The van der Waals surface area contributed by atoms with Gasteiger partial charge in [0.05, 0.1) is 30.5 Å². The van der Waals surface area contributed by atoms with Crippen LogP contribution in [0.3, 0.4) is 0 Å². The molecule has 0 aliphatic heterocycles. The van der Waals surface area contributed by atoms with Gasteiger partial charge in [0.25, 0.3) is 0 Å². The van der Waals surface area contributed by atoms with E-state index in [1.807, 2.05) is 6.07 Å². The first-order valence-corrected chi connectivity index (χ1v) is 29.1. The minimum absolute atomic E-state index is 0. The molecule has 72 heavy (non-hydrogen) atoms. The molecule has 6 heteroatoms. The summed E-state index contributed by atoms with van der Waals surface area (Å²) in [5, 5.41) is 8.66. The summed E-state index contributed by atoms with van der Waals surface area (Å²) in [4.78, 5) is 10.1. The second kappa shape index (κ2) is 20.6. The first kappa shape index (κ1) is 50.5. The molecule has 0 amide bonds. The first-order chi connectivity index (χ1) is 34.1. The second-order valence-electron chi connectivity index (χ2n) is 21.8. The van der Waals surface area contributed by atoms with Crippen LogP contribution in [0.25, 0.3) is 94.0 Å². The zero-order valence-electron chi connectivity index (χ0n) is 43.6. The van der Waals surface area contributed by atoms with E-state index in [1.165, 1.54) is 65.8 Å². The van der Waals surface area contributed by atoms with Gasteiger partial charge < -0.3 is 14.0 Å². The molecule has 0 saturated heterocycles. The van der Waals surface area contributed by atoms with Crippen molar-refractivity contribution in [1.82, 2.24) is 14.5 Å². The van der Waals surface area contributed by atoms with Gasteiger partial charge in [0.15, 0.2) is 0 Å². The monoisotopic (exact) mass is 1140 g/mol. The normalized spacial score (nSPS) is 12.0. The van der Waals surface area contributed by atoms with Crippen molar-refractivity contribution < 1.29 is 24.5 Å². The smallest absolute Gasteiger partial charge is 0.121 e. The molecule has 0 atom stereocenters. The van der Waals surface area contributed by atoms with Crippen molar-refractivity contribution >= 4 is 67.8 Å². The molecule has 3 aromatic heterocycles. The van der Waals surface area contributed by atoms with Crippen LogP contribution in [0.5, 0.6) is 0 Å². The Hall–Kier alpha value is -6.43. The molecule has 8 aromatic carbocycles. The third-order valence-electron chi connectivity index (χ3n) is 14.0. The van der Waals surface area contributed by atoms with Crippen LogP contribution in [-0.2, 0) is 26.5 Å². The van der Waals surface area contributed by atoms with Crippen LogP contribution in [-0.4, -0.2) is 22.6 Å². The zero-order valence-corrected chi connectivity index (χ0v) is 47.0. The van der Waals surface area contributed by atoms with Gasteiger partial charge in [-0.15, -0.1) is 47.3 Å². The van der Waals surface area contributed by atoms with Gasteiger partial charge in [0, 0.05) is 37.4 Å². The van der Waals surface area contributed by atoms with Crippen molar-refractivity contribution in [2.24, 2.45) is 5.92 Å². The maximum absolute atomic E-state index is 6.38. The van der Waals surface area contributed by atoms with Crippen molar-refractivity contribution in [3.63, 3.8) is 0 Å². The van der Waals surface area contributed by atoms with Crippen molar-refractivity contribution in [2.45, 2.75) is 99.2 Å². The Bertz CT molecular complexity index is 3710. The fourth-order valence-electron chi connectivity index (χ4n) is 10.3. The number of furan rings is 1. The number of fused-ring (bicyclic) bond motifs is 7. The third kappa shape index (κ3) is 9.77. The fraction of sp³-hybridized carbons (Fsp3) is 0.242. The number of aromatic nitrogens is 3. The standard InChI is InChI=1S/C39H33N2.C27H32NOSi.Ir/c1-25(2)34-23-31(27-12-6-5-7-13-27)24-35(26(3)4)38(34)41-37-17-11-10-16-36(37)40-39(41)30-20-21-33-29(22-30)19-18-28-14-8-9-15-32(28)33;1-17(2)13-20-14-24(28-16-26(20)30(5,6)7)23-10-8-9-22-21-12-11-19(18(3)4)15-25(21)29-27(22)23;/h5-19,21-26H,1-4H3;8-9,11-12,14-18H,13H2,1-7H3;/q2*-1;. The minimum atomic E-state index is -1.46. The van der Waals surface area contributed by atoms with Crippen LogP contribution >= 0.6 is 0 Å². The Labute approximate surface area is 440 Å². The Morgan fingerprint density at radius 2 is 1.31 bits per heavy atom. The largest absolute Gasteiger partial charge is 0.501 e. The molecule has 0 bridgehead atoms. The van der Waals surface area contributed by atoms with Gasteiger partial charge in [-0.05, 0) is 105 Å². The summed E-state index contributed by atoms with van der Waals surface area (Å²) in [6, 6.07) is 61.4. The van der Waals surface area contributed by atoms with Gasteiger partial charge >= 0.3 is 0 Å². The predicted molar refractivity (Wildman–Crippen MR) is 305 cm³/mol. The first-order valence-electron chi connectivity index (χ1n) is 25.6. The van der Waals surface area contributed by atoms with Crippen LogP contribution < -0.4 is 5.19 Å².